The zero-order valence-electron chi connectivity index (χ0n) is 26.8. The van der Waals surface area contributed by atoms with Gasteiger partial charge in [0.1, 0.15) is 12.1 Å². The number of aryl methyl sites for hydroxylation is 1. The lowest BCUT2D eigenvalue weighted by atomic mass is 9.97. The van der Waals surface area contributed by atoms with E-state index >= 15 is 0 Å². The zero-order valence-corrected chi connectivity index (χ0v) is 27.8. The molecule has 0 bridgehead atoms. The van der Waals surface area contributed by atoms with Gasteiger partial charge in [0.15, 0.2) is 8.32 Å². The Hall–Kier alpha value is -4.39. The Bertz CT molecular complexity index is 1900. The molecule has 0 amide bonds. The fourth-order valence-corrected chi connectivity index (χ4v) is 6.65. The molecule has 0 fully saturated rings. The van der Waals surface area contributed by atoms with Crippen LogP contribution in [0.4, 0.5) is 4.39 Å². The Morgan fingerprint density at radius 3 is 2.36 bits per heavy atom. The molecule has 0 saturated carbocycles. The lowest BCUT2D eigenvalue weighted by Crippen LogP contribution is -2.43. The number of nitriles is 1. The molecule has 0 saturated heterocycles. The van der Waals surface area contributed by atoms with E-state index in [2.05, 4.69) is 56.9 Å². The molecule has 0 spiro atoms. The second kappa shape index (κ2) is 12.9. The van der Waals surface area contributed by atoms with Crippen LogP contribution in [0.2, 0.25) is 18.1 Å². The van der Waals surface area contributed by atoms with Gasteiger partial charge < -0.3 is 4.43 Å². The molecule has 3 aromatic carbocycles. The van der Waals surface area contributed by atoms with Crippen molar-refractivity contribution in [2.45, 2.75) is 77.7 Å². The van der Waals surface area contributed by atoms with Crippen LogP contribution in [0.3, 0.4) is 0 Å². The number of hydrogen-bond donors (Lipinski definition) is 0. The molecule has 0 radical (unpaired) electrons. The van der Waals surface area contributed by atoms with Crippen molar-refractivity contribution >= 4 is 14.1 Å². The van der Waals surface area contributed by atoms with Gasteiger partial charge in [-0.3, -0.25) is 9.36 Å². The number of nitrogens with zero attached hydrogens (tertiary/aromatic N) is 5. The summed E-state index contributed by atoms with van der Waals surface area (Å²) in [6.45, 7) is 13.2. The minimum Gasteiger partial charge on any atom is -0.408 e. The highest BCUT2D eigenvalue weighted by Crippen LogP contribution is 2.40. The van der Waals surface area contributed by atoms with Gasteiger partial charge in [0.25, 0.3) is 5.56 Å². The summed E-state index contributed by atoms with van der Waals surface area (Å²) in [5.74, 6) is 0.136. The molecule has 232 valence electrons. The largest absolute Gasteiger partial charge is 0.408 e. The van der Waals surface area contributed by atoms with Gasteiger partial charge in [-0.15, -0.1) is 0 Å². The number of rotatable bonds is 10. The first kappa shape index (κ1) is 32.0. The fraction of sp³-hybridized carbons (Fsp3) is 0.333. The maximum atomic E-state index is 14.5. The number of benzene rings is 3. The highest BCUT2D eigenvalue weighted by molar-refractivity contribution is 6.74. The standard InChI is InChI=1S/C36H40FN5O2Si/c1-7-10-32-31(21-25-13-15-26(16-14-25)30-12-9-8-11-28(30)22-38)34(43)41(35-39-24-40-42(32)35)23-33(27-17-19-29(37)20-18-27)44-45(5,6)36(2,3)4/h8-9,11-20,24,33H,7,10,21,23H2,1-6H3. The van der Waals surface area contributed by atoms with Gasteiger partial charge in [-0.2, -0.15) is 15.3 Å². The van der Waals surface area contributed by atoms with Gasteiger partial charge in [-0.25, -0.2) is 8.91 Å². The van der Waals surface area contributed by atoms with Crippen molar-refractivity contribution in [2.24, 2.45) is 0 Å². The zero-order chi connectivity index (χ0) is 32.4. The van der Waals surface area contributed by atoms with Crippen LogP contribution in [-0.4, -0.2) is 27.5 Å². The molecule has 7 nitrogen and oxygen atoms in total. The Morgan fingerprint density at radius 2 is 1.71 bits per heavy atom. The first-order valence-electron chi connectivity index (χ1n) is 15.4. The summed E-state index contributed by atoms with van der Waals surface area (Å²) >= 11 is 0. The highest BCUT2D eigenvalue weighted by atomic mass is 28.4. The summed E-state index contributed by atoms with van der Waals surface area (Å²) < 4.78 is 24.3. The topological polar surface area (TPSA) is 85.2 Å². The predicted molar refractivity (Wildman–Crippen MR) is 178 cm³/mol. The van der Waals surface area contributed by atoms with Crippen molar-refractivity contribution in [3.63, 3.8) is 0 Å². The van der Waals surface area contributed by atoms with Crippen LogP contribution >= 0.6 is 0 Å². The van der Waals surface area contributed by atoms with Crippen LogP contribution in [0, 0.1) is 17.1 Å². The van der Waals surface area contributed by atoms with Crippen LogP contribution in [0.5, 0.6) is 0 Å². The Kier molecular flexibility index (Phi) is 9.19. The normalized spacial score (nSPS) is 12.8. The van der Waals surface area contributed by atoms with Gasteiger partial charge in [0.2, 0.25) is 5.78 Å². The molecule has 0 N–H and O–H groups in total. The van der Waals surface area contributed by atoms with E-state index in [9.17, 15) is 14.4 Å². The molecule has 0 aliphatic rings. The van der Waals surface area contributed by atoms with E-state index in [1.54, 1.807) is 21.2 Å². The monoisotopic (exact) mass is 621 g/mol. The molecular weight excluding hydrogens is 582 g/mol. The van der Waals surface area contributed by atoms with E-state index in [0.717, 1.165) is 34.4 Å². The highest BCUT2D eigenvalue weighted by Gasteiger charge is 2.40. The van der Waals surface area contributed by atoms with Crippen LogP contribution in [0.1, 0.15) is 68.2 Å². The van der Waals surface area contributed by atoms with E-state index in [1.807, 2.05) is 48.5 Å². The van der Waals surface area contributed by atoms with Crippen molar-refractivity contribution in [2.75, 3.05) is 0 Å². The Morgan fingerprint density at radius 1 is 1.02 bits per heavy atom. The smallest absolute Gasteiger partial charge is 0.258 e. The average molecular weight is 622 g/mol. The second-order valence-electron chi connectivity index (χ2n) is 13.0. The summed E-state index contributed by atoms with van der Waals surface area (Å²) in [7, 11) is -2.30. The maximum Gasteiger partial charge on any atom is 0.258 e. The number of halogens is 1. The van der Waals surface area contributed by atoms with E-state index in [0.29, 0.717) is 29.7 Å². The maximum absolute atomic E-state index is 14.5. The van der Waals surface area contributed by atoms with Crippen LogP contribution in [-0.2, 0) is 23.8 Å². The summed E-state index contributed by atoms with van der Waals surface area (Å²) in [4.78, 5) is 19.0. The van der Waals surface area contributed by atoms with E-state index < -0.39 is 14.4 Å². The SMILES string of the molecule is CCCc1c(Cc2ccc(-c3ccccc3C#N)cc2)c(=O)n(CC(O[Si](C)(C)C(C)(C)C)c2ccc(F)cc2)c2ncnn12. The van der Waals surface area contributed by atoms with Gasteiger partial charge in [0.05, 0.1) is 30.0 Å². The van der Waals surface area contributed by atoms with Crippen LogP contribution in [0.25, 0.3) is 16.9 Å². The Balaban J connectivity index is 1.59. The molecule has 5 aromatic rings. The van der Waals surface area contributed by atoms with Crippen molar-refractivity contribution in [1.82, 2.24) is 19.2 Å². The minimum atomic E-state index is -2.30. The molecule has 0 aliphatic heterocycles. The van der Waals surface area contributed by atoms with Gasteiger partial charge in [-0.1, -0.05) is 88.7 Å². The summed E-state index contributed by atoms with van der Waals surface area (Å²) in [6.07, 6.45) is 2.91. The summed E-state index contributed by atoms with van der Waals surface area (Å²) in [6, 6.07) is 24.1. The van der Waals surface area contributed by atoms with E-state index in [-0.39, 0.29) is 23.0 Å². The first-order valence-corrected chi connectivity index (χ1v) is 18.3. The van der Waals surface area contributed by atoms with Gasteiger partial charge >= 0.3 is 0 Å². The fourth-order valence-electron chi connectivity index (χ4n) is 5.38. The molecule has 5 rings (SSSR count). The Labute approximate surface area is 265 Å². The molecule has 45 heavy (non-hydrogen) atoms. The lowest BCUT2D eigenvalue weighted by molar-refractivity contribution is 0.162. The molecule has 1 atom stereocenters. The van der Waals surface area contributed by atoms with Crippen molar-refractivity contribution in [3.05, 3.63) is 123 Å². The molecule has 2 heterocycles. The summed E-state index contributed by atoms with van der Waals surface area (Å²) in [5.41, 5.74) is 5.57. The van der Waals surface area contributed by atoms with Gasteiger partial charge in [-0.05, 0) is 65.0 Å². The van der Waals surface area contributed by atoms with Crippen LogP contribution in [0.15, 0.2) is 83.9 Å². The second-order valence-corrected chi connectivity index (χ2v) is 17.8. The lowest BCUT2D eigenvalue weighted by Gasteiger charge is -2.39. The number of hydrogen-bond acceptors (Lipinski definition) is 5. The number of fused-ring (bicyclic) bond motifs is 1. The average Bonchev–Trinajstić information content (AvgIpc) is 3.50. The third-order valence-corrected chi connectivity index (χ3v) is 13.4. The molecule has 1 unspecified atom stereocenters. The molecule has 2 aromatic heterocycles. The first-order chi connectivity index (χ1) is 21.4. The minimum absolute atomic E-state index is 0.0729. The van der Waals surface area contributed by atoms with Crippen molar-refractivity contribution in [1.29, 1.82) is 5.26 Å². The van der Waals surface area contributed by atoms with Crippen molar-refractivity contribution in [3.8, 4) is 17.2 Å². The quantitative estimate of drug-likeness (QED) is 0.148. The number of aromatic nitrogens is 4. The predicted octanol–water partition coefficient (Wildman–Crippen LogP) is 7.88. The third-order valence-electron chi connectivity index (χ3n) is 8.89. The summed E-state index contributed by atoms with van der Waals surface area (Å²) in [5, 5.41) is 14.0. The molecule has 9 heteroatoms. The van der Waals surface area contributed by atoms with E-state index in [1.165, 1.54) is 18.5 Å². The molecular formula is C36H40FN5O2Si. The molecule has 0 aliphatic carbocycles. The van der Waals surface area contributed by atoms with Gasteiger partial charge in [0, 0.05) is 12.0 Å². The van der Waals surface area contributed by atoms with E-state index in [4.69, 9.17) is 4.43 Å². The van der Waals surface area contributed by atoms with Crippen molar-refractivity contribution < 1.29 is 8.82 Å². The van der Waals surface area contributed by atoms with Crippen LogP contribution < -0.4 is 5.56 Å². The third kappa shape index (κ3) is 6.67.